The zero-order valence-electron chi connectivity index (χ0n) is 22.5. The number of nitrogens with zero attached hydrogens (tertiary/aromatic N) is 3. The van der Waals surface area contributed by atoms with Crippen LogP contribution in [0.1, 0.15) is 17.5 Å². The van der Waals surface area contributed by atoms with Gasteiger partial charge in [-0.25, -0.2) is 12.7 Å². The predicted molar refractivity (Wildman–Crippen MR) is 144 cm³/mol. The van der Waals surface area contributed by atoms with Gasteiger partial charge in [-0.3, -0.25) is 29.2 Å². The molecule has 15 nitrogen and oxygen atoms in total. The third-order valence-corrected chi connectivity index (χ3v) is 10.4. The molecule has 0 bridgehead atoms. The maximum absolute atomic E-state index is 13.5. The lowest BCUT2D eigenvalue weighted by atomic mass is 9.56. The molecule has 0 saturated carbocycles. The number of ketones is 1. The average Bonchev–Trinajstić information content (AvgIpc) is 3.28. The van der Waals surface area contributed by atoms with Crippen LogP contribution < -0.4 is 9.47 Å². The van der Waals surface area contributed by atoms with Gasteiger partial charge in [0.1, 0.15) is 0 Å². The fourth-order valence-electron chi connectivity index (χ4n) is 6.18. The van der Waals surface area contributed by atoms with Crippen LogP contribution in [0.3, 0.4) is 0 Å². The highest BCUT2D eigenvalue weighted by Crippen LogP contribution is 2.60. The van der Waals surface area contributed by atoms with E-state index >= 15 is 0 Å². The minimum absolute atomic E-state index is 0.0777. The SMILES string of the molecule is COc1ccc2c3c1O[C@@H]1C(=O)C=C[C@H](C(OS(C)(=O)=O)C2)[C@]31CCN(C)S(=O)(=O)c1ccc([N+](=O)[O-])cc1[N+](=O)[O-]. The van der Waals surface area contributed by atoms with Crippen molar-refractivity contribution in [3.8, 4) is 11.5 Å². The summed E-state index contributed by atoms with van der Waals surface area (Å²) >= 11 is 0. The first-order valence-electron chi connectivity index (χ1n) is 12.5. The van der Waals surface area contributed by atoms with Gasteiger partial charge in [0, 0.05) is 37.6 Å². The van der Waals surface area contributed by atoms with Gasteiger partial charge in [0.2, 0.25) is 10.0 Å². The van der Waals surface area contributed by atoms with Crippen molar-refractivity contribution in [1.29, 1.82) is 0 Å². The summed E-state index contributed by atoms with van der Waals surface area (Å²) in [7, 11) is -5.92. The van der Waals surface area contributed by atoms with Crippen LogP contribution in [0.4, 0.5) is 11.4 Å². The molecule has 4 atom stereocenters. The summed E-state index contributed by atoms with van der Waals surface area (Å²) in [5.41, 5.74) is -1.68. The lowest BCUT2D eigenvalue weighted by molar-refractivity contribution is -0.396. The molecule has 0 N–H and O–H groups in total. The molecule has 1 aliphatic heterocycles. The normalized spacial score (nSPS) is 24.3. The molecule has 3 aliphatic rings. The van der Waals surface area contributed by atoms with Gasteiger partial charge >= 0.3 is 0 Å². The van der Waals surface area contributed by atoms with E-state index < -0.39 is 75.6 Å². The second-order valence-corrected chi connectivity index (χ2v) is 13.9. The number of nitro groups is 2. The van der Waals surface area contributed by atoms with Gasteiger partial charge in [-0.2, -0.15) is 8.42 Å². The van der Waals surface area contributed by atoms with Crippen molar-refractivity contribution in [3.63, 3.8) is 0 Å². The fourth-order valence-corrected chi connectivity index (χ4v) is 8.12. The second-order valence-electron chi connectivity index (χ2n) is 10.2. The molecule has 42 heavy (non-hydrogen) atoms. The Bertz CT molecular complexity index is 1770. The molecule has 0 amide bonds. The Labute approximate surface area is 240 Å². The molecule has 0 aromatic heterocycles. The third-order valence-electron chi connectivity index (χ3n) is 7.92. The largest absolute Gasteiger partial charge is 0.493 e. The highest BCUT2D eigenvalue weighted by Gasteiger charge is 2.63. The van der Waals surface area contributed by atoms with Crippen LogP contribution in [0.2, 0.25) is 0 Å². The van der Waals surface area contributed by atoms with Crippen molar-refractivity contribution < 1.29 is 45.1 Å². The summed E-state index contributed by atoms with van der Waals surface area (Å²) in [4.78, 5) is 33.4. The van der Waals surface area contributed by atoms with E-state index in [1.807, 2.05) is 0 Å². The quantitative estimate of drug-likeness (QED) is 0.211. The number of hydrogen-bond donors (Lipinski definition) is 0. The van der Waals surface area contributed by atoms with Gasteiger partial charge in [0.05, 0.1) is 40.8 Å². The molecule has 224 valence electrons. The monoisotopic (exact) mass is 623 g/mol. The molecule has 2 aliphatic carbocycles. The van der Waals surface area contributed by atoms with Gasteiger partial charge in [-0.15, -0.1) is 0 Å². The molecule has 5 rings (SSSR count). The topological polar surface area (TPSA) is 203 Å². The smallest absolute Gasteiger partial charge is 0.296 e. The first kappa shape index (κ1) is 29.6. The summed E-state index contributed by atoms with van der Waals surface area (Å²) < 4.78 is 69.4. The lowest BCUT2D eigenvalue weighted by Crippen LogP contribution is -2.58. The molecule has 0 saturated heterocycles. The lowest BCUT2D eigenvalue weighted by Gasteiger charge is -2.48. The van der Waals surface area contributed by atoms with Crippen LogP contribution in [-0.2, 0) is 41.0 Å². The third kappa shape index (κ3) is 4.61. The zero-order chi connectivity index (χ0) is 30.8. The summed E-state index contributed by atoms with van der Waals surface area (Å²) in [6.07, 6.45) is 1.72. The van der Waals surface area contributed by atoms with Crippen molar-refractivity contribution in [2.45, 2.75) is 35.4 Å². The number of benzene rings is 2. The molecule has 0 radical (unpaired) electrons. The molecule has 0 spiro atoms. The number of carbonyl (C=O) groups excluding carboxylic acids is 1. The molecule has 2 aromatic carbocycles. The summed E-state index contributed by atoms with van der Waals surface area (Å²) in [5.74, 6) is -0.539. The number of hydrogen-bond acceptors (Lipinski definition) is 12. The van der Waals surface area contributed by atoms with Crippen molar-refractivity contribution in [2.75, 3.05) is 27.0 Å². The van der Waals surface area contributed by atoms with Gasteiger partial charge in [-0.1, -0.05) is 12.1 Å². The second kappa shape index (κ2) is 10.1. The Morgan fingerprint density at radius 3 is 2.45 bits per heavy atom. The Morgan fingerprint density at radius 2 is 1.83 bits per heavy atom. The van der Waals surface area contributed by atoms with Gasteiger partial charge in [-0.05, 0) is 30.2 Å². The Morgan fingerprint density at radius 1 is 1.12 bits per heavy atom. The van der Waals surface area contributed by atoms with E-state index in [1.54, 1.807) is 18.2 Å². The molecule has 1 unspecified atom stereocenters. The molecule has 2 aromatic rings. The number of methoxy groups -OCH3 is 1. The van der Waals surface area contributed by atoms with Crippen LogP contribution >= 0.6 is 0 Å². The van der Waals surface area contributed by atoms with E-state index in [0.29, 0.717) is 22.9 Å². The maximum Gasteiger partial charge on any atom is 0.296 e. The first-order valence-corrected chi connectivity index (χ1v) is 15.7. The molecule has 17 heteroatoms. The van der Waals surface area contributed by atoms with Gasteiger partial charge < -0.3 is 9.47 Å². The van der Waals surface area contributed by atoms with E-state index in [0.717, 1.165) is 22.7 Å². The van der Waals surface area contributed by atoms with E-state index in [4.69, 9.17) is 13.7 Å². The minimum Gasteiger partial charge on any atom is -0.493 e. The summed E-state index contributed by atoms with van der Waals surface area (Å²) in [6, 6.07) is 5.56. The number of ether oxygens (including phenoxy) is 2. The van der Waals surface area contributed by atoms with Crippen LogP contribution in [-0.4, -0.2) is 75.9 Å². The number of carbonyl (C=O) groups is 1. The molecule has 0 fully saturated rings. The molecule has 1 heterocycles. The Balaban J connectivity index is 1.59. The summed E-state index contributed by atoms with van der Waals surface area (Å²) in [6.45, 7) is -0.296. The molecular formula is C25H25N3O12S2. The maximum atomic E-state index is 13.5. The van der Waals surface area contributed by atoms with E-state index in [9.17, 15) is 41.9 Å². The Hall–Kier alpha value is -3.93. The van der Waals surface area contributed by atoms with Crippen molar-refractivity contribution in [2.24, 2.45) is 5.92 Å². The number of rotatable bonds is 10. The summed E-state index contributed by atoms with van der Waals surface area (Å²) in [5, 5.41) is 22.8. The van der Waals surface area contributed by atoms with Crippen LogP contribution in [0.15, 0.2) is 47.4 Å². The number of nitro benzene ring substituents is 2. The minimum atomic E-state index is -4.57. The zero-order valence-corrected chi connectivity index (χ0v) is 24.1. The number of non-ortho nitro benzene ring substituents is 1. The standard InChI is InChI=1S/C25H25N3O12S2/c1-26(42(36,37)21-9-5-15(27(30)31)13-17(21)28(32)33)11-10-25-16-6-7-18(29)24(25)39-23-19(38-2)8-4-14(22(23)25)12-20(16)40-41(3,34)35/h4-9,13,16,20,24H,10-12H2,1-3H3/t16-,20?,24-,25-/m1/s1. The van der Waals surface area contributed by atoms with Crippen molar-refractivity contribution in [3.05, 3.63) is 73.8 Å². The fraction of sp³-hybridized carbons (Fsp3) is 0.400. The van der Waals surface area contributed by atoms with Gasteiger partial charge in [0.25, 0.3) is 21.5 Å². The van der Waals surface area contributed by atoms with E-state index in [1.165, 1.54) is 20.2 Å². The predicted octanol–water partition coefficient (Wildman–Crippen LogP) is 1.88. The highest BCUT2D eigenvalue weighted by atomic mass is 32.2. The van der Waals surface area contributed by atoms with Crippen molar-refractivity contribution in [1.82, 2.24) is 4.31 Å². The van der Waals surface area contributed by atoms with Crippen LogP contribution in [0.5, 0.6) is 11.5 Å². The number of sulfonamides is 1. The average molecular weight is 624 g/mol. The van der Waals surface area contributed by atoms with Crippen molar-refractivity contribution >= 4 is 37.3 Å². The van der Waals surface area contributed by atoms with Gasteiger partial charge in [0.15, 0.2) is 28.3 Å². The van der Waals surface area contributed by atoms with E-state index in [2.05, 4.69) is 0 Å². The Kier molecular flexibility index (Phi) is 7.11. The van der Waals surface area contributed by atoms with E-state index in [-0.39, 0.29) is 25.1 Å². The highest BCUT2D eigenvalue weighted by molar-refractivity contribution is 7.89. The molecular weight excluding hydrogens is 598 g/mol. The van der Waals surface area contributed by atoms with Crippen LogP contribution in [0, 0.1) is 26.1 Å². The van der Waals surface area contributed by atoms with Crippen LogP contribution in [0.25, 0.3) is 0 Å². The first-order chi connectivity index (χ1) is 19.6.